The van der Waals surface area contributed by atoms with Crippen molar-refractivity contribution in [2.45, 2.75) is 19.1 Å². The Morgan fingerprint density at radius 2 is 2.10 bits per heavy atom. The maximum atomic E-state index is 12.9. The molecule has 0 fully saturated rings. The van der Waals surface area contributed by atoms with Crippen LogP contribution in [0.25, 0.3) is 0 Å². The number of carbonyl (C=O) groups excluding carboxylic acids is 1. The molecule has 0 bridgehead atoms. The highest BCUT2D eigenvalue weighted by atomic mass is 35.5. The van der Waals surface area contributed by atoms with E-state index < -0.39 is 22.6 Å². The van der Waals surface area contributed by atoms with Crippen molar-refractivity contribution in [3.05, 3.63) is 67.8 Å². The molecule has 0 radical (unpaired) electrons. The molecule has 3 rings (SSSR count). The fourth-order valence-corrected chi connectivity index (χ4v) is 3.40. The van der Waals surface area contributed by atoms with E-state index >= 15 is 0 Å². The van der Waals surface area contributed by atoms with Crippen LogP contribution in [0.2, 0.25) is 5.02 Å². The number of amides is 1. The third kappa shape index (κ3) is 5.29. The fraction of sp³-hybridized carbons (Fsp3) is 0.188. The van der Waals surface area contributed by atoms with Gasteiger partial charge >= 0.3 is 12.0 Å². The number of alkyl halides is 3. The van der Waals surface area contributed by atoms with Crippen molar-refractivity contribution >= 4 is 39.8 Å². The number of nitro groups is 1. The van der Waals surface area contributed by atoms with Crippen LogP contribution >= 0.6 is 22.9 Å². The number of carbonyl (C=O) groups is 1. The third-order valence-corrected chi connectivity index (χ3v) is 4.94. The first-order valence-electron chi connectivity index (χ1n) is 7.90. The maximum absolute atomic E-state index is 12.9. The Morgan fingerprint density at radius 1 is 1.34 bits per heavy atom. The van der Waals surface area contributed by atoms with Gasteiger partial charge in [0.15, 0.2) is 5.13 Å². The van der Waals surface area contributed by atoms with E-state index in [-0.39, 0.29) is 34.5 Å². The van der Waals surface area contributed by atoms with E-state index in [2.05, 4.69) is 15.4 Å². The zero-order valence-corrected chi connectivity index (χ0v) is 15.9. The average Bonchev–Trinajstić information content (AvgIpc) is 3.25. The molecule has 0 spiro atoms. The normalized spacial score (nSPS) is 11.4. The largest absolute Gasteiger partial charge is 0.416 e. The monoisotopic (exact) mass is 445 g/mol. The van der Waals surface area contributed by atoms with E-state index in [4.69, 9.17) is 11.6 Å². The van der Waals surface area contributed by atoms with Gasteiger partial charge in [0.1, 0.15) is 6.54 Å². The van der Waals surface area contributed by atoms with Gasteiger partial charge in [-0.05, 0) is 28.7 Å². The van der Waals surface area contributed by atoms with Crippen LogP contribution in [0.4, 0.5) is 24.1 Å². The van der Waals surface area contributed by atoms with Crippen LogP contribution in [0.3, 0.4) is 0 Å². The predicted octanol–water partition coefficient (Wildman–Crippen LogP) is 4.15. The standard InChI is InChI=1S/C16H11ClF3N5O3S/c17-12-2-1-10(16(18,19)20)5-9(12)6-11-7-21-15(29-11)22-14(26)8-24-4-3-13(23-24)25(27)28/h1-5,7H,6,8H2,(H,21,22,26). The first kappa shape index (κ1) is 20.7. The summed E-state index contributed by atoms with van der Waals surface area (Å²) in [6.45, 7) is -0.262. The van der Waals surface area contributed by atoms with Crippen LogP contribution in [-0.4, -0.2) is 25.6 Å². The van der Waals surface area contributed by atoms with Crippen molar-refractivity contribution in [1.82, 2.24) is 14.8 Å². The van der Waals surface area contributed by atoms with Crippen molar-refractivity contribution in [1.29, 1.82) is 0 Å². The van der Waals surface area contributed by atoms with Gasteiger partial charge in [0.25, 0.3) is 0 Å². The summed E-state index contributed by atoms with van der Waals surface area (Å²) in [5.74, 6) is -0.895. The molecule has 13 heteroatoms. The Bertz CT molecular complexity index is 1070. The SMILES string of the molecule is O=C(Cn1ccc([N+](=O)[O-])n1)Nc1ncc(Cc2cc(C(F)(F)F)ccc2Cl)s1. The van der Waals surface area contributed by atoms with Crippen LogP contribution in [0.15, 0.2) is 36.7 Å². The molecule has 0 atom stereocenters. The lowest BCUT2D eigenvalue weighted by atomic mass is 10.1. The number of rotatable bonds is 6. The van der Waals surface area contributed by atoms with Gasteiger partial charge < -0.3 is 15.4 Å². The van der Waals surface area contributed by atoms with E-state index in [0.29, 0.717) is 4.88 Å². The summed E-state index contributed by atoms with van der Waals surface area (Å²) in [7, 11) is 0. The summed E-state index contributed by atoms with van der Waals surface area (Å²) in [6, 6.07) is 4.23. The highest BCUT2D eigenvalue weighted by Crippen LogP contribution is 2.33. The van der Waals surface area contributed by atoms with Crippen LogP contribution in [0, 0.1) is 10.1 Å². The first-order chi connectivity index (χ1) is 13.6. The van der Waals surface area contributed by atoms with Gasteiger partial charge in [0.2, 0.25) is 5.91 Å². The lowest BCUT2D eigenvalue weighted by Crippen LogP contribution is -2.19. The summed E-state index contributed by atoms with van der Waals surface area (Å²) < 4.78 is 39.7. The van der Waals surface area contributed by atoms with Gasteiger partial charge in [-0.2, -0.15) is 17.9 Å². The lowest BCUT2D eigenvalue weighted by Gasteiger charge is -2.09. The maximum Gasteiger partial charge on any atom is 0.416 e. The minimum absolute atomic E-state index is 0.113. The van der Waals surface area contributed by atoms with Crippen molar-refractivity contribution < 1.29 is 22.9 Å². The van der Waals surface area contributed by atoms with Gasteiger partial charge in [-0.1, -0.05) is 11.6 Å². The Morgan fingerprint density at radius 3 is 2.76 bits per heavy atom. The zero-order valence-electron chi connectivity index (χ0n) is 14.3. The molecule has 2 aromatic heterocycles. The van der Waals surface area contributed by atoms with E-state index in [1.54, 1.807) is 0 Å². The Hall–Kier alpha value is -2.99. The van der Waals surface area contributed by atoms with E-state index in [9.17, 15) is 28.1 Å². The number of hydrogen-bond acceptors (Lipinski definition) is 6. The number of hydrogen-bond donors (Lipinski definition) is 1. The molecule has 29 heavy (non-hydrogen) atoms. The molecule has 0 aliphatic carbocycles. The molecule has 0 aliphatic rings. The van der Waals surface area contributed by atoms with Crippen molar-refractivity contribution in [3.63, 3.8) is 0 Å². The van der Waals surface area contributed by atoms with Crippen LogP contribution in [-0.2, 0) is 23.9 Å². The number of thiazole rings is 1. The van der Waals surface area contributed by atoms with E-state index in [1.807, 2.05) is 0 Å². The Kier molecular flexibility index (Phi) is 5.84. The molecule has 1 aromatic carbocycles. The fourth-order valence-electron chi connectivity index (χ4n) is 2.36. The second-order valence-electron chi connectivity index (χ2n) is 5.79. The number of nitrogens with zero attached hydrogens (tertiary/aromatic N) is 4. The molecule has 1 amide bonds. The topological polar surface area (TPSA) is 103 Å². The summed E-state index contributed by atoms with van der Waals surface area (Å²) in [5.41, 5.74) is -0.518. The number of aromatic nitrogens is 3. The minimum atomic E-state index is -4.48. The number of halogens is 4. The molecule has 152 valence electrons. The zero-order chi connectivity index (χ0) is 21.2. The van der Waals surface area contributed by atoms with Crippen molar-refractivity contribution in [2.24, 2.45) is 0 Å². The van der Waals surface area contributed by atoms with Crippen LogP contribution in [0.5, 0.6) is 0 Å². The van der Waals surface area contributed by atoms with Crippen LogP contribution in [0.1, 0.15) is 16.0 Å². The number of anilines is 1. The highest BCUT2D eigenvalue weighted by molar-refractivity contribution is 7.15. The van der Waals surface area contributed by atoms with Gasteiger partial charge in [-0.3, -0.25) is 4.79 Å². The van der Waals surface area contributed by atoms with Gasteiger partial charge in [-0.15, -0.1) is 11.3 Å². The molecule has 3 aromatic rings. The second kappa shape index (κ2) is 8.17. The summed E-state index contributed by atoms with van der Waals surface area (Å²) in [4.78, 5) is 26.5. The molecule has 2 heterocycles. The molecule has 0 aliphatic heterocycles. The van der Waals surface area contributed by atoms with Crippen LogP contribution < -0.4 is 5.32 Å². The Labute approximate surface area is 170 Å². The molecular formula is C16H11ClF3N5O3S. The van der Waals surface area contributed by atoms with E-state index in [1.165, 1.54) is 18.5 Å². The quantitative estimate of drug-likeness (QED) is 0.453. The summed E-state index contributed by atoms with van der Waals surface area (Å²) >= 11 is 7.07. The van der Waals surface area contributed by atoms with Gasteiger partial charge in [0, 0.05) is 22.5 Å². The van der Waals surface area contributed by atoms with Gasteiger partial charge in [0.05, 0.1) is 22.9 Å². The van der Waals surface area contributed by atoms with Gasteiger partial charge in [-0.25, -0.2) is 4.98 Å². The average molecular weight is 446 g/mol. The molecule has 0 unspecified atom stereocenters. The minimum Gasteiger partial charge on any atom is -0.358 e. The molecule has 1 N–H and O–H groups in total. The first-order valence-corrected chi connectivity index (χ1v) is 9.09. The second-order valence-corrected chi connectivity index (χ2v) is 7.31. The Balaban J connectivity index is 1.65. The van der Waals surface area contributed by atoms with Crippen molar-refractivity contribution in [2.75, 3.05) is 5.32 Å². The molecular weight excluding hydrogens is 435 g/mol. The lowest BCUT2D eigenvalue weighted by molar-refractivity contribution is -0.389. The number of benzene rings is 1. The smallest absolute Gasteiger partial charge is 0.358 e. The highest BCUT2D eigenvalue weighted by Gasteiger charge is 2.31. The summed E-state index contributed by atoms with van der Waals surface area (Å²) in [6.07, 6.45) is -1.65. The molecule has 0 saturated carbocycles. The third-order valence-electron chi connectivity index (χ3n) is 3.66. The number of nitrogens with one attached hydrogen (secondary N) is 1. The van der Waals surface area contributed by atoms with Crippen molar-refractivity contribution in [3.8, 4) is 0 Å². The predicted molar refractivity (Wildman–Crippen MR) is 98.9 cm³/mol. The van der Waals surface area contributed by atoms with E-state index in [0.717, 1.165) is 34.2 Å². The molecule has 8 nitrogen and oxygen atoms in total. The summed E-state index contributed by atoms with van der Waals surface area (Å²) in [5, 5.41) is 17.1. The molecule has 0 saturated heterocycles.